The summed E-state index contributed by atoms with van der Waals surface area (Å²) in [5, 5.41) is 11.8. The lowest BCUT2D eigenvalue weighted by Crippen LogP contribution is -2.39. The van der Waals surface area contributed by atoms with Gasteiger partial charge >= 0.3 is 5.97 Å². The zero-order valence-electron chi connectivity index (χ0n) is 12.6. The summed E-state index contributed by atoms with van der Waals surface area (Å²) in [6, 6.07) is 2.89. The van der Waals surface area contributed by atoms with Crippen LogP contribution < -0.4 is 5.32 Å². The van der Waals surface area contributed by atoms with Crippen LogP contribution in [-0.2, 0) is 20.7 Å². The van der Waals surface area contributed by atoms with E-state index in [0.29, 0.717) is 26.1 Å². The minimum Gasteiger partial charge on any atom is -0.481 e. The number of carbonyl (C=O) groups excluding carboxylic acids is 1. The topological polar surface area (TPSA) is 75.6 Å². The van der Waals surface area contributed by atoms with Gasteiger partial charge in [0, 0.05) is 25.3 Å². The van der Waals surface area contributed by atoms with Gasteiger partial charge in [0.05, 0.1) is 12.3 Å². The predicted octanol–water partition coefficient (Wildman–Crippen LogP) is 1.75. The molecule has 1 fully saturated rings. The maximum Gasteiger partial charge on any atom is 0.308 e. The van der Waals surface area contributed by atoms with Crippen molar-refractivity contribution in [3.8, 4) is 0 Å². The monoisotopic (exact) mass is 327 g/mol. The molecule has 2 rings (SSSR count). The molecule has 0 radical (unpaired) electrons. The van der Waals surface area contributed by atoms with Gasteiger partial charge in [0.25, 0.3) is 0 Å². The molecule has 0 saturated carbocycles. The fourth-order valence-electron chi connectivity index (χ4n) is 2.71. The largest absolute Gasteiger partial charge is 0.481 e. The second-order valence-electron chi connectivity index (χ2n) is 5.61. The Morgan fingerprint density at radius 1 is 1.30 bits per heavy atom. The summed E-state index contributed by atoms with van der Waals surface area (Å²) in [5.74, 6) is -3.57. The van der Waals surface area contributed by atoms with E-state index in [1.807, 2.05) is 0 Å². The second kappa shape index (κ2) is 8.01. The molecular formula is C16H19F2NO4. The van der Waals surface area contributed by atoms with Crippen LogP contribution in [-0.4, -0.2) is 36.7 Å². The van der Waals surface area contributed by atoms with Gasteiger partial charge in [0.2, 0.25) is 5.91 Å². The predicted molar refractivity (Wildman–Crippen MR) is 77.7 cm³/mol. The highest BCUT2D eigenvalue weighted by molar-refractivity contribution is 5.79. The number of halogens is 2. The summed E-state index contributed by atoms with van der Waals surface area (Å²) < 4.78 is 31.8. The van der Waals surface area contributed by atoms with Crippen LogP contribution in [0, 0.1) is 23.5 Å². The summed E-state index contributed by atoms with van der Waals surface area (Å²) in [6.45, 7) is 0.990. The number of benzene rings is 1. The van der Waals surface area contributed by atoms with Crippen molar-refractivity contribution in [3.63, 3.8) is 0 Å². The number of nitrogens with one attached hydrogen (secondary N) is 1. The van der Waals surface area contributed by atoms with Gasteiger partial charge in [-0.25, -0.2) is 8.78 Å². The molecule has 1 unspecified atom stereocenters. The van der Waals surface area contributed by atoms with Crippen LogP contribution in [0.5, 0.6) is 0 Å². The molecule has 1 aliphatic heterocycles. The molecule has 0 spiro atoms. The van der Waals surface area contributed by atoms with Crippen molar-refractivity contribution >= 4 is 11.9 Å². The highest BCUT2D eigenvalue weighted by Crippen LogP contribution is 2.23. The maximum absolute atomic E-state index is 13.5. The lowest BCUT2D eigenvalue weighted by molar-refractivity contribution is -0.144. The molecule has 1 aromatic rings. The Balaban J connectivity index is 1.91. The van der Waals surface area contributed by atoms with E-state index < -0.39 is 29.4 Å². The lowest BCUT2D eigenvalue weighted by atomic mass is 9.86. The van der Waals surface area contributed by atoms with E-state index in [1.165, 1.54) is 0 Å². The quantitative estimate of drug-likeness (QED) is 0.835. The van der Waals surface area contributed by atoms with Crippen molar-refractivity contribution in [1.29, 1.82) is 0 Å². The Labute approximate surface area is 132 Å². The van der Waals surface area contributed by atoms with Gasteiger partial charge in [-0.3, -0.25) is 9.59 Å². The highest BCUT2D eigenvalue weighted by Gasteiger charge is 2.30. The van der Waals surface area contributed by atoms with Crippen LogP contribution in [0.25, 0.3) is 0 Å². The van der Waals surface area contributed by atoms with Gasteiger partial charge in [0.15, 0.2) is 0 Å². The molecule has 0 bridgehead atoms. The van der Waals surface area contributed by atoms with E-state index in [1.54, 1.807) is 0 Å². The average Bonchev–Trinajstić information content (AvgIpc) is 2.52. The minimum absolute atomic E-state index is 0.0320. The fraction of sp³-hybridized carbons (Fsp3) is 0.500. The molecule has 0 aromatic heterocycles. The van der Waals surface area contributed by atoms with Gasteiger partial charge in [-0.15, -0.1) is 0 Å². The van der Waals surface area contributed by atoms with E-state index in [0.717, 1.165) is 18.2 Å². The summed E-state index contributed by atoms with van der Waals surface area (Å²) in [4.78, 5) is 23.2. The van der Waals surface area contributed by atoms with Crippen molar-refractivity contribution in [2.75, 3.05) is 19.8 Å². The van der Waals surface area contributed by atoms with Crippen LogP contribution in [0.4, 0.5) is 8.78 Å². The van der Waals surface area contributed by atoms with Crippen LogP contribution in [0.2, 0.25) is 0 Å². The molecule has 1 saturated heterocycles. The van der Waals surface area contributed by atoms with Crippen LogP contribution >= 0.6 is 0 Å². The summed E-state index contributed by atoms with van der Waals surface area (Å²) in [5.41, 5.74) is -0.0551. The Hall–Kier alpha value is -2.02. The van der Waals surface area contributed by atoms with Crippen LogP contribution in [0.15, 0.2) is 18.2 Å². The van der Waals surface area contributed by atoms with E-state index >= 15 is 0 Å². The number of carbonyl (C=O) groups is 2. The molecule has 23 heavy (non-hydrogen) atoms. The van der Waals surface area contributed by atoms with E-state index in [2.05, 4.69) is 5.32 Å². The first kappa shape index (κ1) is 17.3. The van der Waals surface area contributed by atoms with Crippen molar-refractivity contribution in [3.05, 3.63) is 35.4 Å². The molecule has 5 nitrogen and oxygen atoms in total. The van der Waals surface area contributed by atoms with Crippen molar-refractivity contribution in [2.45, 2.75) is 19.3 Å². The molecule has 7 heteroatoms. The molecule has 2 N–H and O–H groups in total. The summed E-state index contributed by atoms with van der Waals surface area (Å²) in [6.07, 6.45) is 0.931. The number of aliphatic carboxylic acids is 1. The third-order valence-electron chi connectivity index (χ3n) is 4.03. The molecule has 1 atom stereocenters. The highest BCUT2D eigenvalue weighted by atomic mass is 19.1. The van der Waals surface area contributed by atoms with Gasteiger partial charge in [-0.2, -0.15) is 0 Å². The molecule has 126 valence electrons. The smallest absolute Gasteiger partial charge is 0.308 e. The third-order valence-corrected chi connectivity index (χ3v) is 4.03. The second-order valence-corrected chi connectivity index (χ2v) is 5.61. The third kappa shape index (κ3) is 4.99. The zero-order valence-corrected chi connectivity index (χ0v) is 12.6. The van der Waals surface area contributed by atoms with Gasteiger partial charge in [-0.1, -0.05) is 0 Å². The van der Waals surface area contributed by atoms with E-state index in [9.17, 15) is 23.5 Å². The number of hydrogen-bond donors (Lipinski definition) is 2. The van der Waals surface area contributed by atoms with Crippen LogP contribution in [0.3, 0.4) is 0 Å². The molecular weight excluding hydrogens is 308 g/mol. The molecule has 1 aliphatic rings. The molecule has 0 aliphatic carbocycles. The SMILES string of the molecule is O=C(Cc1cc(F)ccc1F)NCC(C(=O)O)C1CCOCC1. The average molecular weight is 327 g/mol. The Kier molecular flexibility index (Phi) is 6.04. The number of ether oxygens (including phenoxy) is 1. The Bertz CT molecular complexity index is 573. The van der Waals surface area contributed by atoms with E-state index in [4.69, 9.17) is 4.74 Å². The maximum atomic E-state index is 13.5. The number of hydrogen-bond acceptors (Lipinski definition) is 3. The lowest BCUT2D eigenvalue weighted by Gasteiger charge is -2.27. The summed E-state index contributed by atoms with van der Waals surface area (Å²) in [7, 11) is 0. The first-order valence-electron chi connectivity index (χ1n) is 7.48. The van der Waals surface area contributed by atoms with Crippen molar-refractivity contribution in [1.82, 2.24) is 5.32 Å². The first-order valence-corrected chi connectivity index (χ1v) is 7.48. The van der Waals surface area contributed by atoms with E-state index in [-0.39, 0.29) is 24.4 Å². The molecule has 1 amide bonds. The van der Waals surface area contributed by atoms with Crippen LogP contribution in [0.1, 0.15) is 18.4 Å². The number of rotatable bonds is 6. The zero-order chi connectivity index (χ0) is 16.8. The molecule has 1 heterocycles. The summed E-state index contributed by atoms with van der Waals surface area (Å²) >= 11 is 0. The van der Waals surface area contributed by atoms with Crippen molar-refractivity contribution in [2.24, 2.45) is 11.8 Å². The van der Waals surface area contributed by atoms with Gasteiger partial charge in [-0.05, 0) is 37.0 Å². The first-order chi connectivity index (χ1) is 11.0. The standard InChI is InChI=1S/C16H19F2NO4/c17-12-1-2-14(18)11(7-12)8-15(20)19-9-13(16(21)22)10-3-5-23-6-4-10/h1-2,7,10,13H,3-6,8-9H2,(H,19,20)(H,21,22). The fourth-order valence-corrected chi connectivity index (χ4v) is 2.71. The number of carboxylic acids is 1. The molecule has 1 aromatic carbocycles. The number of carboxylic acid groups (broad SMARTS) is 1. The Morgan fingerprint density at radius 3 is 2.65 bits per heavy atom. The minimum atomic E-state index is -0.978. The van der Waals surface area contributed by atoms with Gasteiger partial charge < -0.3 is 15.2 Å². The normalized spacial score (nSPS) is 16.8. The Morgan fingerprint density at radius 2 is 2.00 bits per heavy atom. The van der Waals surface area contributed by atoms with Gasteiger partial charge in [0.1, 0.15) is 11.6 Å². The van der Waals surface area contributed by atoms with Crippen molar-refractivity contribution < 1.29 is 28.2 Å². The number of amides is 1.